The Hall–Kier alpha value is -1.37. The second-order valence-corrected chi connectivity index (χ2v) is 4.64. The summed E-state index contributed by atoms with van der Waals surface area (Å²) in [5.41, 5.74) is 2.09. The van der Waals surface area contributed by atoms with Crippen LogP contribution in [0.5, 0.6) is 0 Å². The van der Waals surface area contributed by atoms with Crippen LogP contribution < -0.4 is 0 Å². The van der Waals surface area contributed by atoms with Crippen molar-refractivity contribution in [3.05, 3.63) is 39.6 Å². The Kier molecular flexibility index (Phi) is 3.78. The van der Waals surface area contributed by atoms with E-state index in [0.29, 0.717) is 12.3 Å². The maximum Gasteiger partial charge on any atom is 0.356 e. The van der Waals surface area contributed by atoms with Gasteiger partial charge in [0.1, 0.15) is 5.69 Å². The minimum Gasteiger partial charge on any atom is -0.461 e. The molecule has 0 amide bonds. The Balaban J connectivity index is 2.27. The van der Waals surface area contributed by atoms with Crippen LogP contribution in [0.15, 0.2) is 30.3 Å². The van der Waals surface area contributed by atoms with Crippen LogP contribution in [-0.2, 0) is 4.74 Å². The van der Waals surface area contributed by atoms with Crippen LogP contribution in [0.3, 0.4) is 0 Å². The highest BCUT2D eigenvalue weighted by molar-refractivity contribution is 14.1. The van der Waals surface area contributed by atoms with E-state index >= 15 is 0 Å². The standard InChI is InChI=1S/C12H11IN2O2/c1-2-17-12(16)11-7-10(14-15-11)8-4-3-5-9(13)6-8/h3-7H,2H2,1H3,(H,14,15). The molecule has 0 fully saturated rings. The molecule has 0 radical (unpaired) electrons. The number of carbonyl (C=O) groups is 1. The van der Waals surface area contributed by atoms with Crippen LogP contribution >= 0.6 is 22.6 Å². The minimum atomic E-state index is -0.378. The second-order valence-electron chi connectivity index (χ2n) is 3.40. The molecular formula is C12H11IN2O2. The smallest absolute Gasteiger partial charge is 0.356 e. The molecule has 0 aliphatic carbocycles. The average Bonchev–Trinajstić information content (AvgIpc) is 2.78. The number of nitrogens with one attached hydrogen (secondary N) is 1. The first-order valence-corrected chi connectivity index (χ1v) is 6.27. The zero-order valence-electron chi connectivity index (χ0n) is 9.24. The molecular weight excluding hydrogens is 331 g/mol. The molecule has 1 aromatic carbocycles. The molecule has 1 N–H and O–H groups in total. The van der Waals surface area contributed by atoms with Gasteiger partial charge in [0.15, 0.2) is 0 Å². The van der Waals surface area contributed by atoms with Crippen LogP contribution in [0, 0.1) is 3.57 Å². The molecule has 0 aliphatic rings. The number of aromatic nitrogens is 2. The van der Waals surface area contributed by atoms with Crippen LogP contribution in [0.4, 0.5) is 0 Å². The molecule has 0 spiro atoms. The van der Waals surface area contributed by atoms with Gasteiger partial charge in [0.25, 0.3) is 0 Å². The van der Waals surface area contributed by atoms with Crippen molar-refractivity contribution in [1.82, 2.24) is 10.2 Å². The lowest BCUT2D eigenvalue weighted by Crippen LogP contribution is -2.04. The van der Waals surface area contributed by atoms with Gasteiger partial charge >= 0.3 is 5.97 Å². The molecule has 1 aromatic heterocycles. The minimum absolute atomic E-state index is 0.358. The third-order valence-corrected chi connectivity index (χ3v) is 2.86. The molecule has 5 heteroatoms. The summed E-state index contributed by atoms with van der Waals surface area (Å²) in [7, 11) is 0. The summed E-state index contributed by atoms with van der Waals surface area (Å²) in [6, 6.07) is 9.61. The number of H-pyrrole nitrogens is 1. The van der Waals surface area contributed by atoms with E-state index in [9.17, 15) is 4.79 Å². The summed E-state index contributed by atoms with van der Waals surface area (Å²) in [6.07, 6.45) is 0. The molecule has 1 heterocycles. The molecule has 88 valence electrons. The second kappa shape index (κ2) is 5.31. The topological polar surface area (TPSA) is 55.0 Å². The number of benzene rings is 1. The lowest BCUT2D eigenvalue weighted by Gasteiger charge is -1.97. The van der Waals surface area contributed by atoms with Crippen LogP contribution in [-0.4, -0.2) is 22.8 Å². The van der Waals surface area contributed by atoms with Gasteiger partial charge in [-0.15, -0.1) is 0 Å². The Morgan fingerprint density at radius 1 is 1.47 bits per heavy atom. The van der Waals surface area contributed by atoms with Crippen LogP contribution in [0.2, 0.25) is 0 Å². The fourth-order valence-corrected chi connectivity index (χ4v) is 1.97. The number of hydrogen-bond acceptors (Lipinski definition) is 3. The molecule has 2 aromatic rings. The SMILES string of the molecule is CCOC(=O)c1cc(-c2cccc(I)c2)n[nH]1. The Labute approximate surface area is 113 Å². The predicted molar refractivity (Wildman–Crippen MR) is 72.7 cm³/mol. The summed E-state index contributed by atoms with van der Waals surface area (Å²) >= 11 is 2.24. The van der Waals surface area contributed by atoms with E-state index in [2.05, 4.69) is 32.8 Å². The zero-order valence-corrected chi connectivity index (χ0v) is 11.4. The van der Waals surface area contributed by atoms with Crippen LogP contribution in [0.25, 0.3) is 11.3 Å². The maximum absolute atomic E-state index is 11.5. The fraction of sp³-hybridized carbons (Fsp3) is 0.167. The van der Waals surface area contributed by atoms with Gasteiger partial charge in [-0.3, -0.25) is 5.10 Å². The average molecular weight is 342 g/mol. The third-order valence-electron chi connectivity index (χ3n) is 2.19. The molecule has 17 heavy (non-hydrogen) atoms. The van der Waals surface area contributed by atoms with Gasteiger partial charge in [0.2, 0.25) is 0 Å². The van der Waals surface area contributed by atoms with Crippen molar-refractivity contribution in [2.45, 2.75) is 6.92 Å². The highest BCUT2D eigenvalue weighted by Crippen LogP contribution is 2.20. The van der Waals surface area contributed by atoms with Gasteiger partial charge in [-0.05, 0) is 47.7 Å². The van der Waals surface area contributed by atoms with Crippen molar-refractivity contribution in [1.29, 1.82) is 0 Å². The molecule has 0 bridgehead atoms. The van der Waals surface area contributed by atoms with E-state index in [-0.39, 0.29) is 5.97 Å². The number of hydrogen-bond donors (Lipinski definition) is 1. The van der Waals surface area contributed by atoms with Gasteiger partial charge in [0, 0.05) is 9.13 Å². The quantitative estimate of drug-likeness (QED) is 0.689. The van der Waals surface area contributed by atoms with Crippen molar-refractivity contribution < 1.29 is 9.53 Å². The van der Waals surface area contributed by atoms with Gasteiger partial charge in [-0.1, -0.05) is 12.1 Å². The first-order chi connectivity index (χ1) is 8.20. The number of ether oxygens (including phenoxy) is 1. The van der Waals surface area contributed by atoms with Crippen molar-refractivity contribution >= 4 is 28.6 Å². The number of nitrogens with zero attached hydrogens (tertiary/aromatic N) is 1. The van der Waals surface area contributed by atoms with Gasteiger partial charge in [-0.2, -0.15) is 5.10 Å². The number of halogens is 1. The lowest BCUT2D eigenvalue weighted by atomic mass is 10.1. The highest BCUT2D eigenvalue weighted by Gasteiger charge is 2.11. The molecule has 0 atom stereocenters. The van der Waals surface area contributed by atoms with E-state index in [4.69, 9.17) is 4.74 Å². The van der Waals surface area contributed by atoms with E-state index in [0.717, 1.165) is 14.8 Å². The normalized spacial score (nSPS) is 10.2. The van der Waals surface area contributed by atoms with Gasteiger partial charge in [-0.25, -0.2) is 4.79 Å². The predicted octanol–water partition coefficient (Wildman–Crippen LogP) is 2.86. The molecule has 2 rings (SSSR count). The Morgan fingerprint density at radius 3 is 3.00 bits per heavy atom. The summed E-state index contributed by atoms with van der Waals surface area (Å²) in [5, 5.41) is 6.78. The van der Waals surface area contributed by atoms with Crippen molar-refractivity contribution in [2.24, 2.45) is 0 Å². The number of rotatable bonds is 3. The number of aromatic amines is 1. The Bertz CT molecular complexity index is 537. The Morgan fingerprint density at radius 2 is 2.29 bits per heavy atom. The third kappa shape index (κ3) is 2.85. The largest absolute Gasteiger partial charge is 0.461 e. The highest BCUT2D eigenvalue weighted by atomic mass is 127. The van der Waals surface area contributed by atoms with Crippen molar-refractivity contribution in [3.63, 3.8) is 0 Å². The fourth-order valence-electron chi connectivity index (χ4n) is 1.43. The van der Waals surface area contributed by atoms with E-state index in [1.54, 1.807) is 13.0 Å². The monoisotopic (exact) mass is 342 g/mol. The molecule has 0 saturated heterocycles. The summed E-state index contributed by atoms with van der Waals surface area (Å²) < 4.78 is 6.01. The summed E-state index contributed by atoms with van der Waals surface area (Å²) in [5.74, 6) is -0.378. The van der Waals surface area contributed by atoms with Crippen LogP contribution in [0.1, 0.15) is 17.4 Å². The van der Waals surface area contributed by atoms with E-state index in [1.807, 2.05) is 24.3 Å². The lowest BCUT2D eigenvalue weighted by molar-refractivity contribution is 0.0519. The molecule has 0 aliphatic heterocycles. The van der Waals surface area contributed by atoms with Crippen molar-refractivity contribution in [3.8, 4) is 11.3 Å². The van der Waals surface area contributed by atoms with Gasteiger partial charge in [0.05, 0.1) is 12.3 Å². The maximum atomic E-state index is 11.5. The first-order valence-electron chi connectivity index (χ1n) is 5.19. The number of carbonyl (C=O) groups excluding carboxylic acids is 1. The molecule has 0 saturated carbocycles. The number of esters is 1. The molecule has 0 unspecified atom stereocenters. The van der Waals surface area contributed by atoms with E-state index in [1.165, 1.54) is 0 Å². The summed E-state index contributed by atoms with van der Waals surface area (Å²) in [6.45, 7) is 2.13. The first kappa shape index (κ1) is 12.1. The molecule has 4 nitrogen and oxygen atoms in total. The van der Waals surface area contributed by atoms with Crippen molar-refractivity contribution in [2.75, 3.05) is 6.61 Å². The van der Waals surface area contributed by atoms with Gasteiger partial charge < -0.3 is 4.74 Å². The van der Waals surface area contributed by atoms with E-state index < -0.39 is 0 Å². The summed E-state index contributed by atoms with van der Waals surface area (Å²) in [4.78, 5) is 11.5. The zero-order chi connectivity index (χ0) is 12.3.